The molecule has 0 N–H and O–H groups in total. The lowest BCUT2D eigenvalue weighted by atomic mass is 9.82. The van der Waals surface area contributed by atoms with Gasteiger partial charge in [-0.3, -0.25) is 0 Å². The SMILES string of the molecule is CC1(C)c2ccccc2-c2c1ccc1c2c2ccccc2n1-c1cccc(-c2cn3ccccc3n2)c1. The molecule has 0 saturated carbocycles. The summed E-state index contributed by atoms with van der Waals surface area (Å²) < 4.78 is 4.49. The van der Waals surface area contributed by atoms with E-state index in [-0.39, 0.29) is 5.41 Å². The molecule has 37 heavy (non-hydrogen) atoms. The molecule has 0 unspecified atom stereocenters. The maximum Gasteiger partial charge on any atom is 0.137 e. The maximum atomic E-state index is 4.87. The highest BCUT2D eigenvalue weighted by atomic mass is 15.0. The van der Waals surface area contributed by atoms with E-state index in [0.29, 0.717) is 0 Å². The van der Waals surface area contributed by atoms with Crippen molar-refractivity contribution in [2.75, 3.05) is 0 Å². The van der Waals surface area contributed by atoms with Crippen LogP contribution in [0.15, 0.2) is 116 Å². The number of rotatable bonds is 2. The standard InChI is InChI=1S/C34H25N3/c1-34(2)26-14-5-3-12-24(26)32-27(34)17-18-30-33(32)25-13-4-6-15-29(25)37(30)23-11-9-10-22(20-23)28-21-36-19-8-7-16-31(36)35-28/h3-21H,1-2H3. The number of hydrogen-bond donors (Lipinski definition) is 0. The van der Waals surface area contributed by atoms with Gasteiger partial charge in [-0.05, 0) is 58.7 Å². The van der Waals surface area contributed by atoms with E-state index in [0.717, 1.165) is 22.6 Å². The van der Waals surface area contributed by atoms with Gasteiger partial charge in [0.05, 0.1) is 16.7 Å². The molecule has 0 bridgehead atoms. The molecule has 0 aliphatic heterocycles. The first-order valence-electron chi connectivity index (χ1n) is 12.8. The van der Waals surface area contributed by atoms with Crippen molar-refractivity contribution in [2.24, 2.45) is 0 Å². The Hall–Kier alpha value is -4.63. The number of hydrogen-bond acceptors (Lipinski definition) is 1. The fourth-order valence-electron chi connectivity index (χ4n) is 6.41. The van der Waals surface area contributed by atoms with Gasteiger partial charge in [0, 0.05) is 39.8 Å². The molecule has 1 aliphatic carbocycles. The number of fused-ring (bicyclic) bond motifs is 8. The zero-order chi connectivity index (χ0) is 24.7. The van der Waals surface area contributed by atoms with Gasteiger partial charge in [0.25, 0.3) is 0 Å². The Kier molecular flexibility index (Phi) is 4.00. The van der Waals surface area contributed by atoms with Gasteiger partial charge in [-0.15, -0.1) is 0 Å². The Morgan fingerprint density at radius 1 is 0.703 bits per heavy atom. The highest BCUT2D eigenvalue weighted by Gasteiger charge is 2.37. The lowest BCUT2D eigenvalue weighted by Gasteiger charge is -2.21. The number of aromatic nitrogens is 3. The lowest BCUT2D eigenvalue weighted by molar-refractivity contribution is 0.661. The van der Waals surface area contributed by atoms with Gasteiger partial charge in [-0.2, -0.15) is 0 Å². The van der Waals surface area contributed by atoms with Crippen LogP contribution in [-0.4, -0.2) is 14.0 Å². The third kappa shape index (κ3) is 2.74. The summed E-state index contributed by atoms with van der Waals surface area (Å²) in [7, 11) is 0. The van der Waals surface area contributed by atoms with Gasteiger partial charge >= 0.3 is 0 Å². The van der Waals surface area contributed by atoms with Crippen molar-refractivity contribution < 1.29 is 0 Å². The van der Waals surface area contributed by atoms with Gasteiger partial charge < -0.3 is 8.97 Å². The molecule has 0 amide bonds. The number of nitrogens with zero attached hydrogens (tertiary/aromatic N) is 3. The molecule has 0 atom stereocenters. The molecule has 7 aromatic rings. The maximum absolute atomic E-state index is 4.87. The molecule has 8 rings (SSSR count). The topological polar surface area (TPSA) is 22.2 Å². The summed E-state index contributed by atoms with van der Waals surface area (Å²) in [5, 5.41) is 2.63. The first kappa shape index (κ1) is 20.6. The van der Waals surface area contributed by atoms with Crippen molar-refractivity contribution in [3.05, 3.63) is 127 Å². The minimum absolute atomic E-state index is 0.0215. The van der Waals surface area contributed by atoms with Crippen molar-refractivity contribution in [3.8, 4) is 28.1 Å². The van der Waals surface area contributed by atoms with E-state index in [2.05, 4.69) is 114 Å². The number of para-hydroxylation sites is 1. The summed E-state index contributed by atoms with van der Waals surface area (Å²) in [6, 6.07) is 37.2. The van der Waals surface area contributed by atoms with Gasteiger partial charge in [-0.25, -0.2) is 4.98 Å². The number of imidazole rings is 1. The van der Waals surface area contributed by atoms with Crippen LogP contribution in [0, 0.1) is 0 Å². The Morgan fingerprint density at radius 2 is 1.54 bits per heavy atom. The quantitative estimate of drug-likeness (QED) is 0.246. The molecule has 3 heteroatoms. The third-order valence-electron chi connectivity index (χ3n) is 8.15. The van der Waals surface area contributed by atoms with Crippen LogP contribution >= 0.6 is 0 Å². The van der Waals surface area contributed by atoms with Crippen LogP contribution in [-0.2, 0) is 5.41 Å². The smallest absolute Gasteiger partial charge is 0.137 e. The van der Waals surface area contributed by atoms with E-state index in [1.807, 2.05) is 24.4 Å². The molecule has 3 nitrogen and oxygen atoms in total. The molecule has 0 radical (unpaired) electrons. The largest absolute Gasteiger partial charge is 0.309 e. The number of benzene rings is 4. The van der Waals surface area contributed by atoms with Crippen molar-refractivity contribution in [2.45, 2.75) is 19.3 Å². The lowest BCUT2D eigenvalue weighted by Crippen LogP contribution is -2.14. The van der Waals surface area contributed by atoms with Gasteiger partial charge in [0.2, 0.25) is 0 Å². The van der Waals surface area contributed by atoms with Gasteiger partial charge in [-0.1, -0.05) is 80.6 Å². The summed E-state index contributed by atoms with van der Waals surface area (Å²) in [6.07, 6.45) is 4.15. The zero-order valence-electron chi connectivity index (χ0n) is 20.8. The molecule has 0 fully saturated rings. The molecule has 4 aromatic carbocycles. The summed E-state index contributed by atoms with van der Waals surface area (Å²) in [5.74, 6) is 0. The zero-order valence-corrected chi connectivity index (χ0v) is 20.8. The fraction of sp³-hybridized carbons (Fsp3) is 0.0882. The van der Waals surface area contributed by atoms with Crippen LogP contribution in [0.25, 0.3) is 55.5 Å². The average molecular weight is 476 g/mol. The first-order chi connectivity index (χ1) is 18.1. The van der Waals surface area contributed by atoms with Crippen molar-refractivity contribution in [1.82, 2.24) is 14.0 Å². The van der Waals surface area contributed by atoms with E-state index in [9.17, 15) is 0 Å². The summed E-state index contributed by atoms with van der Waals surface area (Å²) in [4.78, 5) is 4.87. The Labute approximate surface area is 215 Å². The minimum Gasteiger partial charge on any atom is -0.309 e. The van der Waals surface area contributed by atoms with Crippen LogP contribution in [0.2, 0.25) is 0 Å². The summed E-state index contributed by atoms with van der Waals surface area (Å²) in [5.41, 5.74) is 12.2. The molecule has 176 valence electrons. The Balaban J connectivity index is 1.43. The van der Waals surface area contributed by atoms with Gasteiger partial charge in [0.1, 0.15) is 5.65 Å². The average Bonchev–Trinajstić information content (AvgIpc) is 3.58. The normalized spacial score (nSPS) is 13.9. The molecule has 0 saturated heterocycles. The van der Waals surface area contributed by atoms with Crippen LogP contribution in [0.4, 0.5) is 0 Å². The van der Waals surface area contributed by atoms with Crippen LogP contribution in [0.5, 0.6) is 0 Å². The Bertz CT molecular complexity index is 1990. The second-order valence-corrected chi connectivity index (χ2v) is 10.5. The van der Waals surface area contributed by atoms with Crippen molar-refractivity contribution >= 4 is 27.5 Å². The van der Waals surface area contributed by atoms with Crippen LogP contribution in [0.3, 0.4) is 0 Å². The predicted octanol–water partition coefficient (Wildman–Crippen LogP) is 8.40. The van der Waals surface area contributed by atoms with E-state index >= 15 is 0 Å². The first-order valence-corrected chi connectivity index (χ1v) is 12.8. The summed E-state index contributed by atoms with van der Waals surface area (Å²) >= 11 is 0. The number of pyridine rings is 1. The minimum atomic E-state index is -0.0215. The van der Waals surface area contributed by atoms with E-state index < -0.39 is 0 Å². The van der Waals surface area contributed by atoms with E-state index in [1.54, 1.807) is 0 Å². The van der Waals surface area contributed by atoms with E-state index in [4.69, 9.17) is 4.98 Å². The van der Waals surface area contributed by atoms with E-state index in [1.165, 1.54) is 44.1 Å². The monoisotopic (exact) mass is 475 g/mol. The molecule has 1 aliphatic rings. The molecule has 0 spiro atoms. The fourth-order valence-corrected chi connectivity index (χ4v) is 6.41. The highest BCUT2D eigenvalue weighted by Crippen LogP contribution is 2.53. The summed E-state index contributed by atoms with van der Waals surface area (Å²) in [6.45, 7) is 4.70. The van der Waals surface area contributed by atoms with Gasteiger partial charge in [0.15, 0.2) is 0 Å². The van der Waals surface area contributed by atoms with Crippen LogP contribution in [0.1, 0.15) is 25.0 Å². The predicted molar refractivity (Wildman–Crippen MR) is 153 cm³/mol. The Morgan fingerprint density at radius 3 is 2.46 bits per heavy atom. The molecular formula is C34H25N3. The molecule has 3 aromatic heterocycles. The van der Waals surface area contributed by atoms with Crippen LogP contribution < -0.4 is 0 Å². The third-order valence-corrected chi connectivity index (χ3v) is 8.15. The molecule has 3 heterocycles. The highest BCUT2D eigenvalue weighted by molar-refractivity contribution is 6.17. The van der Waals surface area contributed by atoms with Crippen molar-refractivity contribution in [3.63, 3.8) is 0 Å². The molecular weight excluding hydrogens is 450 g/mol. The van der Waals surface area contributed by atoms with Crippen molar-refractivity contribution in [1.29, 1.82) is 0 Å². The second-order valence-electron chi connectivity index (χ2n) is 10.5. The second kappa shape index (κ2) is 7.21.